The Bertz CT molecular complexity index is 765. The zero-order valence-corrected chi connectivity index (χ0v) is 13.0. The van der Waals surface area contributed by atoms with Crippen LogP contribution in [0.25, 0.3) is 0 Å². The van der Waals surface area contributed by atoms with Crippen LogP contribution < -0.4 is 14.9 Å². The summed E-state index contributed by atoms with van der Waals surface area (Å²) in [6, 6.07) is 6.67. The normalized spacial score (nSPS) is 10.6. The van der Waals surface area contributed by atoms with Crippen molar-refractivity contribution < 1.29 is 29.6 Å². The van der Waals surface area contributed by atoms with Gasteiger partial charge < -0.3 is 24.8 Å². The molecule has 0 aliphatic rings. The Kier molecular flexibility index (Phi) is 5.10. The summed E-state index contributed by atoms with van der Waals surface area (Å²) in [5.41, 5.74) is 2.49. The summed E-state index contributed by atoms with van der Waals surface area (Å²) in [6.07, 6.45) is 1.06. The number of methoxy groups -OCH3 is 2. The molecule has 0 aliphatic carbocycles. The molecule has 0 heterocycles. The van der Waals surface area contributed by atoms with Crippen LogP contribution in [0.4, 0.5) is 0 Å². The van der Waals surface area contributed by atoms with Gasteiger partial charge in [-0.3, -0.25) is 4.79 Å². The standard InChI is InChI=1S/C16H16N2O6/c1-23-14-4-3-9(5-15(14)24-2)16(22)18-17-8-11-12(20)6-10(19)7-13(11)21/h3-8,19-21H,1-2H3,(H,18,22). The minimum absolute atomic E-state index is 0.0413. The Morgan fingerprint density at radius 1 is 1.04 bits per heavy atom. The number of nitrogens with zero attached hydrogens (tertiary/aromatic N) is 1. The van der Waals surface area contributed by atoms with Crippen molar-refractivity contribution in [2.75, 3.05) is 14.2 Å². The first-order valence-electron chi connectivity index (χ1n) is 6.76. The first kappa shape index (κ1) is 16.9. The van der Waals surface area contributed by atoms with E-state index < -0.39 is 5.91 Å². The van der Waals surface area contributed by atoms with Gasteiger partial charge in [-0.1, -0.05) is 0 Å². The monoisotopic (exact) mass is 332 g/mol. The van der Waals surface area contributed by atoms with Gasteiger partial charge in [0, 0.05) is 17.7 Å². The van der Waals surface area contributed by atoms with Gasteiger partial charge in [-0.15, -0.1) is 0 Å². The topological polar surface area (TPSA) is 121 Å². The molecule has 8 nitrogen and oxygen atoms in total. The Balaban J connectivity index is 2.14. The van der Waals surface area contributed by atoms with E-state index in [0.29, 0.717) is 11.5 Å². The Morgan fingerprint density at radius 3 is 2.25 bits per heavy atom. The molecule has 0 spiro atoms. The fourth-order valence-electron chi connectivity index (χ4n) is 1.94. The quantitative estimate of drug-likeness (QED) is 0.487. The third-order valence-electron chi connectivity index (χ3n) is 3.13. The van der Waals surface area contributed by atoms with Crippen molar-refractivity contribution in [1.82, 2.24) is 5.43 Å². The number of benzene rings is 2. The average molecular weight is 332 g/mol. The first-order valence-corrected chi connectivity index (χ1v) is 6.76. The molecule has 0 aromatic heterocycles. The second kappa shape index (κ2) is 7.23. The fraction of sp³-hybridized carbons (Fsp3) is 0.125. The highest BCUT2D eigenvalue weighted by molar-refractivity contribution is 5.96. The summed E-state index contributed by atoms with van der Waals surface area (Å²) < 4.78 is 10.2. The number of aromatic hydroxyl groups is 3. The second-order valence-corrected chi connectivity index (χ2v) is 4.67. The van der Waals surface area contributed by atoms with E-state index in [1.54, 1.807) is 6.07 Å². The molecule has 0 radical (unpaired) electrons. The second-order valence-electron chi connectivity index (χ2n) is 4.67. The summed E-state index contributed by atoms with van der Waals surface area (Å²) >= 11 is 0. The average Bonchev–Trinajstić information content (AvgIpc) is 2.56. The molecular weight excluding hydrogens is 316 g/mol. The number of phenols is 3. The van der Waals surface area contributed by atoms with Crippen molar-refractivity contribution in [2.24, 2.45) is 5.10 Å². The number of amides is 1. The molecule has 0 saturated carbocycles. The van der Waals surface area contributed by atoms with Crippen LogP contribution in [0.1, 0.15) is 15.9 Å². The minimum atomic E-state index is -0.523. The molecule has 2 aromatic carbocycles. The fourth-order valence-corrected chi connectivity index (χ4v) is 1.94. The van der Waals surface area contributed by atoms with Gasteiger partial charge >= 0.3 is 0 Å². The lowest BCUT2D eigenvalue weighted by atomic mass is 10.2. The maximum atomic E-state index is 12.0. The van der Waals surface area contributed by atoms with Crippen molar-refractivity contribution in [2.45, 2.75) is 0 Å². The SMILES string of the molecule is COc1ccc(C(=O)NN=Cc2c(O)cc(O)cc2O)cc1OC. The van der Waals surface area contributed by atoms with Crippen LogP contribution in [0, 0.1) is 0 Å². The summed E-state index contributed by atoms with van der Waals surface area (Å²) in [5.74, 6) is -0.700. The zero-order chi connectivity index (χ0) is 17.7. The van der Waals surface area contributed by atoms with Crippen LogP contribution in [-0.2, 0) is 0 Å². The molecule has 0 saturated heterocycles. The van der Waals surface area contributed by atoms with Gasteiger partial charge in [0.25, 0.3) is 5.91 Å². The number of hydrogen-bond acceptors (Lipinski definition) is 7. The highest BCUT2D eigenvalue weighted by atomic mass is 16.5. The molecule has 24 heavy (non-hydrogen) atoms. The maximum absolute atomic E-state index is 12.0. The molecule has 4 N–H and O–H groups in total. The molecule has 0 fully saturated rings. The van der Waals surface area contributed by atoms with Crippen LogP contribution in [0.15, 0.2) is 35.4 Å². The number of phenolic OH excluding ortho intramolecular Hbond substituents is 3. The predicted octanol–water partition coefficient (Wildman–Crippen LogP) is 1.58. The number of ether oxygens (including phenoxy) is 2. The van der Waals surface area contributed by atoms with E-state index in [1.807, 2.05) is 0 Å². The molecular formula is C16H16N2O6. The van der Waals surface area contributed by atoms with Gasteiger partial charge in [-0.05, 0) is 18.2 Å². The molecule has 0 bridgehead atoms. The lowest BCUT2D eigenvalue weighted by Crippen LogP contribution is -2.17. The molecule has 2 aromatic rings. The Morgan fingerprint density at radius 2 is 1.67 bits per heavy atom. The molecule has 2 rings (SSSR count). The van der Waals surface area contributed by atoms with E-state index in [1.165, 1.54) is 26.4 Å². The van der Waals surface area contributed by atoms with Crippen LogP contribution >= 0.6 is 0 Å². The van der Waals surface area contributed by atoms with Gasteiger partial charge in [0.05, 0.1) is 26.0 Å². The Labute approximate surface area is 137 Å². The number of carbonyl (C=O) groups excluding carboxylic acids is 1. The maximum Gasteiger partial charge on any atom is 0.271 e. The summed E-state index contributed by atoms with van der Waals surface area (Å²) in [4.78, 5) is 12.0. The summed E-state index contributed by atoms with van der Waals surface area (Å²) in [5, 5.41) is 32.1. The van der Waals surface area contributed by atoms with E-state index in [-0.39, 0.29) is 28.4 Å². The van der Waals surface area contributed by atoms with Crippen LogP contribution in [0.3, 0.4) is 0 Å². The molecule has 8 heteroatoms. The van der Waals surface area contributed by atoms with Crippen molar-refractivity contribution in [3.63, 3.8) is 0 Å². The third-order valence-corrected chi connectivity index (χ3v) is 3.13. The lowest BCUT2D eigenvalue weighted by molar-refractivity contribution is 0.0954. The molecule has 0 atom stereocenters. The largest absolute Gasteiger partial charge is 0.508 e. The van der Waals surface area contributed by atoms with E-state index in [9.17, 15) is 20.1 Å². The minimum Gasteiger partial charge on any atom is -0.508 e. The van der Waals surface area contributed by atoms with Crippen molar-refractivity contribution in [1.29, 1.82) is 0 Å². The van der Waals surface area contributed by atoms with Gasteiger partial charge in [-0.25, -0.2) is 5.43 Å². The molecule has 0 aliphatic heterocycles. The molecule has 1 amide bonds. The van der Waals surface area contributed by atoms with Crippen molar-refractivity contribution in [3.8, 4) is 28.7 Å². The number of rotatable bonds is 5. The highest BCUT2D eigenvalue weighted by Crippen LogP contribution is 2.30. The van der Waals surface area contributed by atoms with Gasteiger partial charge in [-0.2, -0.15) is 5.10 Å². The van der Waals surface area contributed by atoms with E-state index >= 15 is 0 Å². The zero-order valence-electron chi connectivity index (χ0n) is 13.0. The number of carbonyl (C=O) groups is 1. The lowest BCUT2D eigenvalue weighted by Gasteiger charge is -2.08. The van der Waals surface area contributed by atoms with Crippen LogP contribution in [0.5, 0.6) is 28.7 Å². The first-order chi connectivity index (χ1) is 11.5. The highest BCUT2D eigenvalue weighted by Gasteiger charge is 2.11. The predicted molar refractivity (Wildman–Crippen MR) is 86.0 cm³/mol. The van der Waals surface area contributed by atoms with Gasteiger partial charge in [0.1, 0.15) is 17.2 Å². The number of nitrogens with one attached hydrogen (secondary N) is 1. The van der Waals surface area contributed by atoms with E-state index in [0.717, 1.165) is 18.3 Å². The van der Waals surface area contributed by atoms with Crippen LogP contribution in [-0.4, -0.2) is 41.7 Å². The van der Waals surface area contributed by atoms with Gasteiger partial charge in [0.15, 0.2) is 11.5 Å². The van der Waals surface area contributed by atoms with Gasteiger partial charge in [0.2, 0.25) is 0 Å². The third kappa shape index (κ3) is 3.67. The van der Waals surface area contributed by atoms with Crippen LogP contribution in [0.2, 0.25) is 0 Å². The summed E-state index contributed by atoms with van der Waals surface area (Å²) in [6.45, 7) is 0. The number of hydrazone groups is 1. The van der Waals surface area contributed by atoms with Crippen molar-refractivity contribution >= 4 is 12.1 Å². The van der Waals surface area contributed by atoms with Crippen molar-refractivity contribution in [3.05, 3.63) is 41.5 Å². The molecule has 0 unspecified atom stereocenters. The smallest absolute Gasteiger partial charge is 0.271 e. The van der Waals surface area contributed by atoms with E-state index in [2.05, 4.69) is 10.5 Å². The Hall–Kier alpha value is -3.42. The summed E-state index contributed by atoms with van der Waals surface area (Å²) in [7, 11) is 2.94. The van der Waals surface area contributed by atoms with E-state index in [4.69, 9.17) is 9.47 Å². The number of hydrogen-bond donors (Lipinski definition) is 4. The molecule has 126 valence electrons.